The standard InChI is InChI=1S/C25H26Cl2N2O4/c26-17-1-5-19(6-2-17)32-15-23(30)28-25-10-9-22(25)16(12-25)13-29-14-21(11-24(29)31)33-20-7-3-18(27)4-8-20/h1-8,16,21-22H,9-15H2,(H,28,30)/t16?,21-,22?,25?/m1/s1. The maximum absolute atomic E-state index is 12.5. The van der Waals surface area contributed by atoms with Crippen molar-refractivity contribution in [2.24, 2.45) is 11.8 Å². The lowest BCUT2D eigenvalue weighted by molar-refractivity contribution is -0.144. The third-order valence-corrected chi connectivity index (χ3v) is 7.63. The van der Waals surface area contributed by atoms with Crippen LogP contribution in [0, 0.1) is 11.8 Å². The lowest BCUT2D eigenvalue weighted by Gasteiger charge is -2.64. The summed E-state index contributed by atoms with van der Waals surface area (Å²) in [5.41, 5.74) is -0.132. The molecule has 3 aliphatic rings. The average Bonchev–Trinajstić information content (AvgIpc) is 3.12. The largest absolute Gasteiger partial charge is 0.488 e. The molecule has 0 spiro atoms. The number of nitrogens with zero attached hydrogens (tertiary/aromatic N) is 1. The van der Waals surface area contributed by atoms with Crippen molar-refractivity contribution in [2.45, 2.75) is 37.3 Å². The molecular weight excluding hydrogens is 463 g/mol. The molecule has 6 nitrogen and oxygen atoms in total. The van der Waals surface area contributed by atoms with Crippen LogP contribution in [0.5, 0.6) is 11.5 Å². The molecule has 2 amide bonds. The molecule has 0 radical (unpaired) electrons. The van der Waals surface area contributed by atoms with Crippen LogP contribution in [0.4, 0.5) is 0 Å². The van der Waals surface area contributed by atoms with Crippen LogP contribution in [0.1, 0.15) is 25.7 Å². The van der Waals surface area contributed by atoms with Crippen molar-refractivity contribution in [1.82, 2.24) is 10.2 Å². The minimum atomic E-state index is -0.144. The second-order valence-electron chi connectivity index (χ2n) is 9.25. The highest BCUT2D eigenvalue weighted by Crippen LogP contribution is 2.57. The molecule has 2 aliphatic carbocycles. The number of amides is 2. The summed E-state index contributed by atoms with van der Waals surface area (Å²) >= 11 is 11.8. The van der Waals surface area contributed by atoms with Crippen molar-refractivity contribution in [2.75, 3.05) is 19.7 Å². The van der Waals surface area contributed by atoms with Gasteiger partial charge in [0, 0.05) is 22.1 Å². The Morgan fingerprint density at radius 1 is 1.06 bits per heavy atom. The minimum absolute atomic E-state index is 0.0188. The number of hydrogen-bond acceptors (Lipinski definition) is 4. The highest BCUT2D eigenvalue weighted by atomic mass is 35.5. The van der Waals surface area contributed by atoms with E-state index in [0.29, 0.717) is 40.6 Å². The zero-order valence-electron chi connectivity index (χ0n) is 18.1. The molecule has 0 bridgehead atoms. The van der Waals surface area contributed by atoms with Crippen molar-refractivity contribution in [1.29, 1.82) is 0 Å². The van der Waals surface area contributed by atoms with Crippen molar-refractivity contribution in [3.05, 3.63) is 58.6 Å². The number of likely N-dealkylation sites (tertiary alicyclic amines) is 1. The van der Waals surface area contributed by atoms with Crippen LogP contribution in [-0.2, 0) is 9.59 Å². The monoisotopic (exact) mass is 488 g/mol. The molecule has 8 heteroatoms. The van der Waals surface area contributed by atoms with Crippen LogP contribution in [0.3, 0.4) is 0 Å². The first-order valence-electron chi connectivity index (χ1n) is 11.3. The van der Waals surface area contributed by atoms with Crippen LogP contribution in [0.2, 0.25) is 10.0 Å². The van der Waals surface area contributed by atoms with E-state index in [9.17, 15) is 9.59 Å². The van der Waals surface area contributed by atoms with Crippen LogP contribution >= 0.6 is 23.2 Å². The Morgan fingerprint density at radius 3 is 2.33 bits per heavy atom. The molecule has 1 N–H and O–H groups in total. The summed E-state index contributed by atoms with van der Waals surface area (Å²) in [4.78, 5) is 26.9. The maximum Gasteiger partial charge on any atom is 0.258 e. The Kier molecular flexibility index (Phi) is 6.14. The van der Waals surface area contributed by atoms with E-state index in [1.165, 1.54) is 0 Å². The van der Waals surface area contributed by atoms with E-state index in [4.69, 9.17) is 32.7 Å². The van der Waals surface area contributed by atoms with E-state index in [0.717, 1.165) is 31.6 Å². The van der Waals surface area contributed by atoms with Crippen LogP contribution in [0.25, 0.3) is 0 Å². The molecule has 2 aromatic rings. The third-order valence-electron chi connectivity index (χ3n) is 7.13. The molecule has 3 unspecified atom stereocenters. The van der Waals surface area contributed by atoms with Gasteiger partial charge in [0.25, 0.3) is 5.91 Å². The molecule has 4 atom stereocenters. The first-order chi connectivity index (χ1) is 15.9. The second kappa shape index (κ2) is 9.07. The molecule has 2 saturated carbocycles. The number of rotatable bonds is 8. The third kappa shape index (κ3) is 4.78. The summed E-state index contributed by atoms with van der Waals surface area (Å²) in [6, 6.07) is 14.2. The van der Waals surface area contributed by atoms with Gasteiger partial charge in [-0.1, -0.05) is 23.2 Å². The Bertz CT molecular complexity index is 1030. The van der Waals surface area contributed by atoms with E-state index in [2.05, 4.69) is 5.32 Å². The van der Waals surface area contributed by atoms with Gasteiger partial charge in [0.2, 0.25) is 5.91 Å². The number of fused-ring (bicyclic) bond motifs is 1. The van der Waals surface area contributed by atoms with Gasteiger partial charge in [0.05, 0.1) is 13.0 Å². The van der Waals surface area contributed by atoms with Crippen LogP contribution in [-0.4, -0.2) is 48.1 Å². The number of ether oxygens (including phenoxy) is 2. The Morgan fingerprint density at radius 2 is 1.73 bits per heavy atom. The number of hydrogen-bond donors (Lipinski definition) is 1. The first-order valence-corrected chi connectivity index (χ1v) is 12.1. The zero-order chi connectivity index (χ0) is 23.0. The van der Waals surface area contributed by atoms with E-state index in [-0.39, 0.29) is 30.1 Å². The van der Waals surface area contributed by atoms with Crippen molar-refractivity contribution in [3.8, 4) is 11.5 Å². The summed E-state index contributed by atoms with van der Waals surface area (Å²) in [5.74, 6) is 2.19. The second-order valence-corrected chi connectivity index (χ2v) is 10.1. The summed E-state index contributed by atoms with van der Waals surface area (Å²) in [6.45, 7) is 1.30. The molecule has 5 rings (SSSR count). The molecule has 174 valence electrons. The summed E-state index contributed by atoms with van der Waals surface area (Å²) in [7, 11) is 0. The molecule has 3 fully saturated rings. The Labute approximate surface area is 203 Å². The van der Waals surface area contributed by atoms with E-state index >= 15 is 0 Å². The van der Waals surface area contributed by atoms with Gasteiger partial charge >= 0.3 is 0 Å². The molecule has 1 heterocycles. The SMILES string of the molecule is O=C(COc1ccc(Cl)cc1)NC12CCC1C(CN1C[C@H](Oc3ccc(Cl)cc3)CC1=O)C2. The first kappa shape index (κ1) is 22.4. The number of carbonyl (C=O) groups is 2. The van der Waals surface area contributed by atoms with E-state index < -0.39 is 0 Å². The highest BCUT2D eigenvalue weighted by Gasteiger charge is 2.60. The van der Waals surface area contributed by atoms with Crippen LogP contribution < -0.4 is 14.8 Å². The lowest BCUT2D eigenvalue weighted by atomic mass is 9.47. The van der Waals surface area contributed by atoms with Crippen molar-refractivity contribution in [3.63, 3.8) is 0 Å². The quantitative estimate of drug-likeness (QED) is 0.599. The topological polar surface area (TPSA) is 67.9 Å². The fourth-order valence-electron chi connectivity index (χ4n) is 5.42. The highest BCUT2D eigenvalue weighted by molar-refractivity contribution is 6.30. The van der Waals surface area contributed by atoms with Gasteiger partial charge in [-0.15, -0.1) is 0 Å². The number of benzene rings is 2. The van der Waals surface area contributed by atoms with Gasteiger partial charge in [0.15, 0.2) is 6.61 Å². The van der Waals surface area contributed by atoms with Crippen molar-refractivity contribution >= 4 is 35.0 Å². The normalized spacial score (nSPS) is 27.9. The summed E-state index contributed by atoms with van der Waals surface area (Å²) < 4.78 is 11.5. The number of halogens is 2. The van der Waals surface area contributed by atoms with Gasteiger partial charge in [0.1, 0.15) is 17.6 Å². The van der Waals surface area contributed by atoms with E-state index in [1.54, 1.807) is 36.4 Å². The smallest absolute Gasteiger partial charge is 0.258 e. The molecule has 1 saturated heterocycles. The fraction of sp³-hybridized carbons (Fsp3) is 0.440. The molecular formula is C25H26Cl2N2O4. The van der Waals surface area contributed by atoms with Crippen LogP contribution in [0.15, 0.2) is 48.5 Å². The number of carbonyl (C=O) groups excluding carboxylic acids is 2. The summed E-state index contributed by atoms with van der Waals surface area (Å²) in [5, 5.41) is 4.48. The Hall–Kier alpha value is -2.44. The van der Waals surface area contributed by atoms with Gasteiger partial charge in [-0.25, -0.2) is 0 Å². The molecule has 2 aromatic carbocycles. The predicted octanol–water partition coefficient (Wildman–Crippen LogP) is 4.34. The minimum Gasteiger partial charge on any atom is -0.488 e. The van der Waals surface area contributed by atoms with Gasteiger partial charge in [-0.3, -0.25) is 9.59 Å². The fourth-order valence-corrected chi connectivity index (χ4v) is 5.67. The van der Waals surface area contributed by atoms with Gasteiger partial charge in [-0.2, -0.15) is 0 Å². The molecule has 0 aromatic heterocycles. The molecule has 33 heavy (non-hydrogen) atoms. The van der Waals surface area contributed by atoms with Crippen molar-refractivity contribution < 1.29 is 19.1 Å². The average molecular weight is 489 g/mol. The number of nitrogens with one attached hydrogen (secondary N) is 1. The summed E-state index contributed by atoms with van der Waals surface area (Å²) in [6.07, 6.45) is 3.21. The lowest BCUT2D eigenvalue weighted by Crippen LogP contribution is -2.72. The predicted molar refractivity (Wildman–Crippen MR) is 126 cm³/mol. The van der Waals surface area contributed by atoms with Gasteiger partial charge < -0.3 is 19.7 Å². The van der Waals surface area contributed by atoms with E-state index in [1.807, 2.05) is 17.0 Å². The maximum atomic E-state index is 12.5. The zero-order valence-corrected chi connectivity index (χ0v) is 19.6. The van der Waals surface area contributed by atoms with Gasteiger partial charge in [-0.05, 0) is 79.6 Å². The Balaban J connectivity index is 1.08. The molecule has 1 aliphatic heterocycles.